The van der Waals surface area contributed by atoms with Gasteiger partial charge < -0.3 is 14.2 Å². The number of methoxy groups -OCH3 is 1. The van der Waals surface area contributed by atoms with E-state index in [4.69, 9.17) is 9.47 Å². The number of rotatable bonds is 9. The molecule has 0 bridgehead atoms. The molecule has 0 spiro atoms. The Morgan fingerprint density at radius 2 is 1.74 bits per heavy atom. The summed E-state index contributed by atoms with van der Waals surface area (Å²) in [5.74, 6) is -1.65. The Hall–Kier alpha value is -3.05. The number of Topliss-reactive ketones (excluding diaryl/α,β-unsaturated/α-hetero) is 1. The van der Waals surface area contributed by atoms with Crippen LogP contribution in [0.25, 0.3) is 0 Å². The predicted molar refractivity (Wildman–Crippen MR) is 118 cm³/mol. The number of carbonyl (C=O) groups excluding carboxylic acids is 2. The molecule has 1 saturated heterocycles. The van der Waals surface area contributed by atoms with Gasteiger partial charge in [0.05, 0.1) is 23.5 Å². The van der Waals surface area contributed by atoms with Gasteiger partial charge in [-0.3, -0.25) is 9.59 Å². The fraction of sp³-hybridized carbons (Fsp3) is 0.391. The highest BCUT2D eigenvalue weighted by atomic mass is 32.2. The number of benzene rings is 2. The molecule has 34 heavy (non-hydrogen) atoms. The average Bonchev–Trinajstić information content (AvgIpc) is 2.83. The van der Waals surface area contributed by atoms with Crippen molar-refractivity contribution < 1.29 is 41.0 Å². The molecule has 8 nitrogen and oxygen atoms in total. The van der Waals surface area contributed by atoms with Crippen molar-refractivity contribution in [1.29, 1.82) is 0 Å². The Kier molecular flexibility index (Phi) is 8.21. The number of carbonyl (C=O) groups is 2. The molecule has 11 heteroatoms. The minimum atomic E-state index is -3.72. The molecule has 0 radical (unpaired) electrons. The van der Waals surface area contributed by atoms with E-state index in [0.717, 1.165) is 0 Å². The number of ketones is 1. The first-order chi connectivity index (χ1) is 16.1. The van der Waals surface area contributed by atoms with Crippen LogP contribution in [-0.2, 0) is 19.6 Å². The summed E-state index contributed by atoms with van der Waals surface area (Å²) in [6.07, 6.45) is 0.458. The summed E-state index contributed by atoms with van der Waals surface area (Å²) in [7, 11) is -2.24. The van der Waals surface area contributed by atoms with Crippen molar-refractivity contribution >= 4 is 21.8 Å². The minimum absolute atomic E-state index is 0.103. The van der Waals surface area contributed by atoms with E-state index in [-0.39, 0.29) is 42.1 Å². The maximum Gasteiger partial charge on any atom is 0.387 e. The fourth-order valence-electron chi connectivity index (χ4n) is 3.62. The standard InChI is InChI=1S/C23H25F2NO7S/c1-15-3-8-21(33-23(24)25)19(13-15)20(27)14-32-22(28)16-9-11-26(12-10-16)34(29,30)18-6-4-17(31-2)5-7-18/h3-8,13,16,23H,9-12,14H2,1-2H3. The van der Waals surface area contributed by atoms with Crippen LogP contribution in [0.3, 0.4) is 0 Å². The highest BCUT2D eigenvalue weighted by Crippen LogP contribution is 2.27. The van der Waals surface area contributed by atoms with Crippen LogP contribution < -0.4 is 9.47 Å². The monoisotopic (exact) mass is 497 g/mol. The zero-order valence-corrected chi connectivity index (χ0v) is 19.5. The smallest absolute Gasteiger partial charge is 0.387 e. The molecule has 0 N–H and O–H groups in total. The van der Waals surface area contributed by atoms with Gasteiger partial charge in [0.2, 0.25) is 15.8 Å². The number of piperidine rings is 1. The van der Waals surface area contributed by atoms with E-state index in [1.165, 1.54) is 41.7 Å². The van der Waals surface area contributed by atoms with Gasteiger partial charge in [0.15, 0.2) is 6.61 Å². The number of nitrogens with zero attached hydrogens (tertiary/aromatic N) is 1. The van der Waals surface area contributed by atoms with Crippen molar-refractivity contribution in [2.24, 2.45) is 5.92 Å². The number of esters is 1. The van der Waals surface area contributed by atoms with Gasteiger partial charge in [0.25, 0.3) is 0 Å². The molecular formula is C23H25F2NO7S. The third kappa shape index (κ3) is 6.09. The van der Waals surface area contributed by atoms with Crippen molar-refractivity contribution in [1.82, 2.24) is 4.31 Å². The molecule has 1 heterocycles. The summed E-state index contributed by atoms with van der Waals surface area (Å²) in [4.78, 5) is 25.1. The number of alkyl halides is 2. The van der Waals surface area contributed by atoms with E-state index in [0.29, 0.717) is 11.3 Å². The average molecular weight is 498 g/mol. The van der Waals surface area contributed by atoms with E-state index in [9.17, 15) is 26.8 Å². The highest BCUT2D eigenvalue weighted by Gasteiger charge is 2.33. The van der Waals surface area contributed by atoms with E-state index in [2.05, 4.69) is 4.74 Å². The largest absolute Gasteiger partial charge is 0.497 e. The number of ether oxygens (including phenoxy) is 3. The van der Waals surface area contributed by atoms with Crippen LogP contribution in [0.5, 0.6) is 11.5 Å². The van der Waals surface area contributed by atoms with Crippen LogP contribution in [0.1, 0.15) is 28.8 Å². The summed E-state index contributed by atoms with van der Waals surface area (Å²) >= 11 is 0. The quantitative estimate of drug-likeness (QED) is 0.387. The van der Waals surface area contributed by atoms with E-state index in [1.54, 1.807) is 19.1 Å². The zero-order valence-electron chi connectivity index (χ0n) is 18.7. The number of hydrogen-bond donors (Lipinski definition) is 0. The molecule has 1 fully saturated rings. The zero-order chi connectivity index (χ0) is 24.9. The molecule has 0 atom stereocenters. The van der Waals surface area contributed by atoms with Crippen LogP contribution in [0, 0.1) is 12.8 Å². The van der Waals surface area contributed by atoms with Gasteiger partial charge in [-0.2, -0.15) is 13.1 Å². The molecule has 184 valence electrons. The number of hydrogen-bond acceptors (Lipinski definition) is 7. The third-order valence-corrected chi connectivity index (χ3v) is 7.39. The molecule has 2 aromatic carbocycles. The summed E-state index contributed by atoms with van der Waals surface area (Å²) in [6.45, 7) is -1.82. The molecule has 0 amide bonds. The molecule has 0 saturated carbocycles. The maximum atomic E-state index is 12.8. The third-order valence-electron chi connectivity index (χ3n) is 5.48. The molecule has 0 aliphatic carbocycles. The van der Waals surface area contributed by atoms with Crippen molar-refractivity contribution in [3.05, 3.63) is 53.6 Å². The Bertz CT molecular complexity index is 1130. The lowest BCUT2D eigenvalue weighted by molar-refractivity contribution is -0.148. The first kappa shape index (κ1) is 25.6. The lowest BCUT2D eigenvalue weighted by Crippen LogP contribution is -2.40. The lowest BCUT2D eigenvalue weighted by atomic mass is 9.98. The molecular weight excluding hydrogens is 472 g/mol. The van der Waals surface area contributed by atoms with Crippen molar-refractivity contribution in [3.63, 3.8) is 0 Å². The maximum absolute atomic E-state index is 12.8. The van der Waals surface area contributed by atoms with Crippen LogP contribution >= 0.6 is 0 Å². The predicted octanol–water partition coefficient (Wildman–Crippen LogP) is 3.43. The first-order valence-corrected chi connectivity index (χ1v) is 12.0. The van der Waals surface area contributed by atoms with Crippen LogP contribution in [0.4, 0.5) is 8.78 Å². The van der Waals surface area contributed by atoms with Gasteiger partial charge in [-0.1, -0.05) is 11.6 Å². The Balaban J connectivity index is 1.56. The molecule has 0 unspecified atom stereocenters. The molecule has 2 aromatic rings. The van der Waals surface area contributed by atoms with Gasteiger partial charge in [-0.15, -0.1) is 0 Å². The molecule has 1 aliphatic rings. The van der Waals surface area contributed by atoms with Gasteiger partial charge in [-0.05, 0) is 56.2 Å². The first-order valence-electron chi connectivity index (χ1n) is 10.5. The topological polar surface area (TPSA) is 99.2 Å². The Morgan fingerprint density at radius 3 is 2.32 bits per heavy atom. The Labute approximate surface area is 196 Å². The van der Waals surface area contributed by atoms with Gasteiger partial charge >= 0.3 is 12.6 Å². The number of aryl methyl sites for hydroxylation is 1. The summed E-state index contributed by atoms with van der Waals surface area (Å²) in [5, 5.41) is 0. The van der Waals surface area contributed by atoms with Crippen molar-refractivity contribution in [3.8, 4) is 11.5 Å². The van der Waals surface area contributed by atoms with Gasteiger partial charge in [-0.25, -0.2) is 8.42 Å². The number of sulfonamides is 1. The van der Waals surface area contributed by atoms with Crippen molar-refractivity contribution in [2.75, 3.05) is 26.8 Å². The van der Waals surface area contributed by atoms with E-state index in [1.807, 2.05) is 0 Å². The molecule has 0 aromatic heterocycles. The second-order valence-electron chi connectivity index (χ2n) is 7.76. The Morgan fingerprint density at radius 1 is 1.09 bits per heavy atom. The summed E-state index contributed by atoms with van der Waals surface area (Å²) in [6, 6.07) is 10.2. The van der Waals surface area contributed by atoms with Crippen molar-refractivity contribution in [2.45, 2.75) is 31.3 Å². The second-order valence-corrected chi connectivity index (χ2v) is 9.70. The number of halogens is 2. The summed E-state index contributed by atoms with van der Waals surface area (Å²) < 4.78 is 66.7. The van der Waals surface area contributed by atoms with E-state index < -0.39 is 40.9 Å². The van der Waals surface area contributed by atoms with Gasteiger partial charge in [0, 0.05) is 13.1 Å². The highest BCUT2D eigenvalue weighted by molar-refractivity contribution is 7.89. The van der Waals surface area contributed by atoms with E-state index >= 15 is 0 Å². The lowest BCUT2D eigenvalue weighted by Gasteiger charge is -2.30. The van der Waals surface area contributed by atoms with Crippen LogP contribution in [-0.4, -0.2) is 57.9 Å². The SMILES string of the molecule is COc1ccc(S(=O)(=O)N2CCC(C(=O)OCC(=O)c3cc(C)ccc3OC(F)F)CC2)cc1. The van der Waals surface area contributed by atoms with Gasteiger partial charge in [0.1, 0.15) is 11.5 Å². The fourth-order valence-corrected chi connectivity index (χ4v) is 5.09. The normalized spacial score (nSPS) is 15.2. The molecule has 3 rings (SSSR count). The minimum Gasteiger partial charge on any atom is -0.497 e. The van der Waals surface area contributed by atoms with Crippen LogP contribution in [0.2, 0.25) is 0 Å². The molecule has 1 aliphatic heterocycles. The summed E-state index contributed by atoms with van der Waals surface area (Å²) in [5.41, 5.74) is 0.551. The van der Waals surface area contributed by atoms with Crippen LogP contribution in [0.15, 0.2) is 47.4 Å². The second kappa shape index (κ2) is 10.9.